The molecule has 16 heteroatoms. The first-order chi connectivity index (χ1) is 25.8. The zero-order valence-corrected chi connectivity index (χ0v) is 31.5. The van der Waals surface area contributed by atoms with Crippen molar-refractivity contribution in [2.75, 3.05) is 26.7 Å². The van der Waals surface area contributed by atoms with Gasteiger partial charge in [-0.25, -0.2) is 18.0 Å². The number of allylic oxidation sites excluding steroid dienone is 2. The van der Waals surface area contributed by atoms with Gasteiger partial charge in [-0.3, -0.25) is 4.98 Å². The van der Waals surface area contributed by atoms with Gasteiger partial charge >= 0.3 is 18.6 Å². The Kier molecular flexibility index (Phi) is 14.2. The van der Waals surface area contributed by atoms with Crippen molar-refractivity contribution in [1.29, 1.82) is 0 Å². The lowest BCUT2D eigenvalue weighted by atomic mass is 10.0. The van der Waals surface area contributed by atoms with E-state index in [0.717, 1.165) is 30.9 Å². The van der Waals surface area contributed by atoms with Crippen molar-refractivity contribution < 1.29 is 45.7 Å². The molecule has 1 saturated heterocycles. The maximum Gasteiger partial charge on any atom is 0.387 e. The van der Waals surface area contributed by atoms with E-state index in [-0.39, 0.29) is 39.6 Å². The maximum atomic E-state index is 13.3. The van der Waals surface area contributed by atoms with Crippen molar-refractivity contribution in [2.24, 2.45) is 5.92 Å². The first kappa shape index (κ1) is 40.8. The number of nitrogens with zero attached hydrogens (tertiary/aromatic N) is 2. The number of halogens is 4. The van der Waals surface area contributed by atoms with Gasteiger partial charge in [0.25, 0.3) is 0 Å². The fourth-order valence-corrected chi connectivity index (χ4v) is 6.94. The number of carbonyl (C=O) groups is 2. The molecule has 0 spiro atoms. The van der Waals surface area contributed by atoms with Crippen molar-refractivity contribution in [3.63, 3.8) is 0 Å². The molecule has 0 radical (unpaired) electrons. The molecule has 1 N–H and O–H groups in total. The van der Waals surface area contributed by atoms with Gasteiger partial charge in [-0.1, -0.05) is 72.3 Å². The number of pyridine rings is 1. The average molecular weight is 807 g/mol. The standard InChI is InChI=1S/C38H39Cl2F2N3O8S/c1-24(8-6-7-17-54(48,49)44-35(26-9-4-3-5-10-26)37(47)51-28-15-16-45(2)22-28)36(46)52-33(19-29-30(39)20-43-21-31(29)40)27-13-14-32(53-38(41)42)34(18-27)50-23-25-11-12-25/h3-10,13-14,17-18,20-21,25,28,33,35,38,44H,1,11-12,15-16,19,22-23H2,2H3/b8-6-,17-7+/t28?,33-,35?/m0/s1. The fourth-order valence-electron chi connectivity index (χ4n) is 5.49. The number of likely N-dealkylation sites (tertiary alicyclic amines) is 1. The molecule has 1 aliphatic carbocycles. The normalized spacial score (nSPS) is 17.5. The van der Waals surface area contributed by atoms with Crippen LogP contribution in [0.25, 0.3) is 0 Å². The highest BCUT2D eigenvalue weighted by Crippen LogP contribution is 2.38. The summed E-state index contributed by atoms with van der Waals surface area (Å²) < 4.78 is 76.8. The first-order valence-corrected chi connectivity index (χ1v) is 19.3. The number of hydrogen-bond acceptors (Lipinski definition) is 10. The average Bonchev–Trinajstić information content (AvgIpc) is 3.88. The number of alkyl halides is 2. The molecule has 2 unspecified atom stereocenters. The molecule has 5 rings (SSSR count). The van der Waals surface area contributed by atoms with Gasteiger partial charge in [0, 0.05) is 37.3 Å². The number of aromatic nitrogens is 1. The summed E-state index contributed by atoms with van der Waals surface area (Å²) in [5, 5.41) is 1.25. The SMILES string of the molecule is C=C(/C=C\C=C\S(=O)(=O)NC(C(=O)OC1CCN(C)C1)c1ccccc1)C(=O)O[C@@H](Cc1c(Cl)cncc1Cl)c1ccc(OC(F)F)c(OCC2CC2)c1. The van der Waals surface area contributed by atoms with Crippen molar-refractivity contribution in [3.05, 3.63) is 123 Å². The third-order valence-electron chi connectivity index (χ3n) is 8.53. The van der Waals surface area contributed by atoms with Crippen LogP contribution in [0.15, 0.2) is 96.7 Å². The molecule has 11 nitrogen and oxygen atoms in total. The van der Waals surface area contributed by atoms with Gasteiger partial charge < -0.3 is 23.8 Å². The molecule has 1 saturated carbocycles. The summed E-state index contributed by atoms with van der Waals surface area (Å²) >= 11 is 12.8. The van der Waals surface area contributed by atoms with Crippen molar-refractivity contribution >= 4 is 45.2 Å². The van der Waals surface area contributed by atoms with Crippen LogP contribution in [-0.2, 0) is 35.5 Å². The van der Waals surface area contributed by atoms with Gasteiger partial charge in [0.05, 0.1) is 22.2 Å². The zero-order valence-electron chi connectivity index (χ0n) is 29.2. The van der Waals surface area contributed by atoms with Gasteiger partial charge in [-0.05, 0) is 73.2 Å². The van der Waals surface area contributed by atoms with Crippen LogP contribution in [-0.4, -0.2) is 69.7 Å². The monoisotopic (exact) mass is 805 g/mol. The number of esters is 2. The predicted molar refractivity (Wildman–Crippen MR) is 199 cm³/mol. The molecular weight excluding hydrogens is 767 g/mol. The number of ether oxygens (including phenoxy) is 4. The van der Waals surface area contributed by atoms with E-state index < -0.39 is 40.7 Å². The number of carbonyl (C=O) groups excluding carboxylic acids is 2. The van der Waals surface area contributed by atoms with Crippen LogP contribution in [0.1, 0.15) is 48.1 Å². The fraction of sp³-hybridized carbons (Fsp3) is 0.342. The number of sulfonamides is 1. The summed E-state index contributed by atoms with van der Waals surface area (Å²) in [6.07, 6.45) is 7.50. The van der Waals surface area contributed by atoms with Crippen LogP contribution in [0.2, 0.25) is 10.0 Å². The summed E-state index contributed by atoms with van der Waals surface area (Å²) in [5.41, 5.74) is 1.02. The minimum absolute atomic E-state index is 0.0354. The Morgan fingerprint density at radius 3 is 2.41 bits per heavy atom. The largest absolute Gasteiger partial charge is 0.489 e. The summed E-state index contributed by atoms with van der Waals surface area (Å²) in [4.78, 5) is 32.4. The minimum Gasteiger partial charge on any atom is -0.489 e. The summed E-state index contributed by atoms with van der Waals surface area (Å²) in [7, 11) is -2.29. The van der Waals surface area contributed by atoms with E-state index >= 15 is 0 Å². The second-order valence-electron chi connectivity index (χ2n) is 12.8. The molecule has 3 aromatic rings. The lowest BCUT2D eigenvalue weighted by Gasteiger charge is -2.21. The lowest BCUT2D eigenvalue weighted by Crippen LogP contribution is -2.36. The van der Waals surface area contributed by atoms with Crippen LogP contribution < -0.4 is 14.2 Å². The second-order valence-corrected chi connectivity index (χ2v) is 15.3. The van der Waals surface area contributed by atoms with Crippen molar-refractivity contribution in [1.82, 2.24) is 14.6 Å². The van der Waals surface area contributed by atoms with Crippen molar-refractivity contribution in [2.45, 2.75) is 50.5 Å². The van der Waals surface area contributed by atoms with Crippen LogP contribution >= 0.6 is 23.2 Å². The molecule has 2 heterocycles. The van der Waals surface area contributed by atoms with E-state index in [2.05, 4.69) is 21.0 Å². The smallest absolute Gasteiger partial charge is 0.387 e. The lowest BCUT2D eigenvalue weighted by molar-refractivity contribution is -0.150. The molecule has 54 heavy (non-hydrogen) atoms. The van der Waals surface area contributed by atoms with E-state index in [1.165, 1.54) is 42.7 Å². The van der Waals surface area contributed by atoms with E-state index in [9.17, 15) is 26.8 Å². The molecule has 1 aromatic heterocycles. The summed E-state index contributed by atoms with van der Waals surface area (Å²) in [6.45, 7) is 2.25. The number of hydrogen-bond donors (Lipinski definition) is 1. The molecule has 288 valence electrons. The number of nitrogens with one attached hydrogen (secondary N) is 1. The Labute approximate surface area is 322 Å². The number of likely N-dealkylation sites (N-methyl/N-ethyl adjacent to an activating group) is 1. The highest BCUT2D eigenvalue weighted by molar-refractivity contribution is 7.92. The van der Waals surface area contributed by atoms with Crippen LogP contribution in [0.4, 0.5) is 8.78 Å². The molecule has 2 aromatic carbocycles. The quantitative estimate of drug-likeness (QED) is 0.0804. The molecule has 0 bridgehead atoms. The first-order valence-electron chi connectivity index (χ1n) is 17.0. The number of benzene rings is 2. The molecule has 3 atom stereocenters. The minimum atomic E-state index is -4.19. The van der Waals surface area contributed by atoms with E-state index in [1.807, 2.05) is 11.9 Å². The Morgan fingerprint density at radius 2 is 1.76 bits per heavy atom. The highest BCUT2D eigenvalue weighted by Gasteiger charge is 2.31. The molecule has 2 aliphatic rings. The van der Waals surface area contributed by atoms with E-state index in [0.29, 0.717) is 42.2 Å². The summed E-state index contributed by atoms with van der Waals surface area (Å²) in [5.74, 6) is -1.45. The second kappa shape index (κ2) is 18.8. The van der Waals surface area contributed by atoms with Gasteiger partial charge in [0.2, 0.25) is 10.0 Å². The van der Waals surface area contributed by atoms with Crippen LogP contribution in [0.5, 0.6) is 11.5 Å². The molecule has 2 fully saturated rings. The third-order valence-corrected chi connectivity index (χ3v) is 10.3. The van der Waals surface area contributed by atoms with E-state index in [1.54, 1.807) is 30.3 Å². The van der Waals surface area contributed by atoms with Gasteiger partial charge in [-0.15, -0.1) is 0 Å². The van der Waals surface area contributed by atoms with Crippen molar-refractivity contribution in [3.8, 4) is 11.5 Å². The summed E-state index contributed by atoms with van der Waals surface area (Å²) in [6, 6.07) is 11.2. The molecular formula is C38H39Cl2F2N3O8S. The Hall–Kier alpha value is -4.34. The van der Waals surface area contributed by atoms with Crippen LogP contribution in [0, 0.1) is 5.92 Å². The maximum absolute atomic E-state index is 13.3. The van der Waals surface area contributed by atoms with Gasteiger partial charge in [0.15, 0.2) is 11.5 Å². The molecule has 1 aliphatic heterocycles. The zero-order chi connectivity index (χ0) is 38.8. The van der Waals surface area contributed by atoms with Gasteiger partial charge in [-0.2, -0.15) is 13.5 Å². The highest BCUT2D eigenvalue weighted by atomic mass is 35.5. The third kappa shape index (κ3) is 12.1. The van der Waals surface area contributed by atoms with Gasteiger partial charge in [0.1, 0.15) is 18.2 Å². The number of rotatable bonds is 18. The Balaban J connectivity index is 1.29. The molecule has 0 amide bonds. The van der Waals surface area contributed by atoms with E-state index in [4.69, 9.17) is 37.4 Å². The topological polar surface area (TPSA) is 133 Å². The Morgan fingerprint density at radius 1 is 1.04 bits per heavy atom. The predicted octanol–water partition coefficient (Wildman–Crippen LogP) is 7.14. The van der Waals surface area contributed by atoms with Crippen LogP contribution in [0.3, 0.4) is 0 Å². The Bertz CT molecular complexity index is 1960.